The molecule has 3 N–H and O–H groups in total. The molecule has 1 aromatic carbocycles. The first-order valence-corrected chi connectivity index (χ1v) is 12.0. The molecule has 12 nitrogen and oxygen atoms in total. The minimum Gasteiger partial charge on any atom is -0.352 e. The number of amides is 2. The van der Waals surface area contributed by atoms with Gasteiger partial charge in [0, 0.05) is 18.5 Å². The highest BCUT2D eigenvalue weighted by Crippen LogP contribution is 2.39. The number of hydrogen-bond donors (Lipinski definition) is 3. The molecule has 0 aliphatic carbocycles. The van der Waals surface area contributed by atoms with Gasteiger partial charge in [-0.05, 0) is 24.5 Å². The Hall–Kier alpha value is -5.13. The third kappa shape index (κ3) is 7.79. The lowest BCUT2D eigenvalue weighted by Gasteiger charge is -2.34. The van der Waals surface area contributed by atoms with E-state index in [4.69, 9.17) is 4.74 Å². The van der Waals surface area contributed by atoms with Crippen molar-refractivity contribution in [2.75, 3.05) is 5.32 Å². The van der Waals surface area contributed by atoms with Gasteiger partial charge in [-0.1, -0.05) is 36.4 Å². The van der Waals surface area contributed by atoms with E-state index < -0.39 is 76.4 Å². The van der Waals surface area contributed by atoms with Gasteiger partial charge in [-0.2, -0.15) is 26.3 Å². The van der Waals surface area contributed by atoms with Gasteiger partial charge in [0.25, 0.3) is 11.8 Å². The average Bonchev–Trinajstić information content (AvgIpc) is 2.95. The number of nitro groups is 1. The molecule has 0 radical (unpaired) electrons. The smallest absolute Gasteiger partial charge is 0.352 e. The normalized spacial score (nSPS) is 13.0. The second-order valence-electron chi connectivity index (χ2n) is 8.54. The number of halogens is 6. The van der Waals surface area contributed by atoms with Crippen LogP contribution >= 0.6 is 0 Å². The number of hydrazine groups is 1. The Morgan fingerprint density at radius 1 is 1.02 bits per heavy atom. The van der Waals surface area contributed by atoms with E-state index in [-0.39, 0.29) is 18.1 Å². The summed E-state index contributed by atoms with van der Waals surface area (Å²) in [5.41, 5.74) is -4.64. The molecule has 0 aliphatic heterocycles. The Bertz CT molecular complexity index is 1470. The number of aromatic nitrogens is 3. The van der Waals surface area contributed by atoms with E-state index in [0.717, 1.165) is 18.5 Å². The Morgan fingerprint density at radius 2 is 1.67 bits per heavy atom. The van der Waals surface area contributed by atoms with Gasteiger partial charge in [-0.15, -0.1) is 6.58 Å². The highest BCUT2D eigenvalue weighted by molar-refractivity contribution is 5.98. The van der Waals surface area contributed by atoms with Gasteiger partial charge < -0.3 is 10.1 Å². The van der Waals surface area contributed by atoms with Gasteiger partial charge in [-0.25, -0.2) is 15.0 Å². The molecule has 2 heterocycles. The summed E-state index contributed by atoms with van der Waals surface area (Å²) in [6.07, 6.45) is -8.50. The SMILES string of the molecule is C=CCC[C@@](OCc1ccccc1)(C(=O)NNC(=O)c1nc(Nc2ncccn2)c(C(F)(F)F)cc1[N+](=O)[O-])C(F)(F)F. The van der Waals surface area contributed by atoms with E-state index in [1.54, 1.807) is 11.5 Å². The molecule has 0 saturated heterocycles. The Labute approximate surface area is 238 Å². The number of nitrogens with zero attached hydrogens (tertiary/aromatic N) is 4. The molecule has 0 aliphatic rings. The molecular formula is C25H21F6N7O5. The van der Waals surface area contributed by atoms with Gasteiger partial charge >= 0.3 is 18.0 Å². The molecule has 228 valence electrons. The maximum Gasteiger partial charge on any atom is 0.426 e. The van der Waals surface area contributed by atoms with E-state index >= 15 is 0 Å². The van der Waals surface area contributed by atoms with E-state index in [1.165, 1.54) is 35.8 Å². The van der Waals surface area contributed by atoms with Gasteiger partial charge in [0.15, 0.2) is 0 Å². The van der Waals surface area contributed by atoms with Crippen LogP contribution in [0.25, 0.3) is 0 Å². The van der Waals surface area contributed by atoms with Crippen LogP contribution in [0.15, 0.2) is 67.5 Å². The molecule has 2 amide bonds. The lowest BCUT2D eigenvalue weighted by atomic mass is 9.95. The second kappa shape index (κ2) is 13.2. The fraction of sp³-hybridized carbons (Fsp3) is 0.240. The van der Waals surface area contributed by atoms with Crippen molar-refractivity contribution in [3.8, 4) is 0 Å². The predicted octanol–water partition coefficient (Wildman–Crippen LogP) is 4.79. The van der Waals surface area contributed by atoms with Gasteiger partial charge in [0.05, 0.1) is 11.5 Å². The maximum atomic E-state index is 14.3. The van der Waals surface area contributed by atoms with Crippen LogP contribution in [0, 0.1) is 10.1 Å². The number of hydrogen-bond acceptors (Lipinski definition) is 9. The molecule has 1 atom stereocenters. The number of pyridine rings is 1. The topological polar surface area (TPSA) is 161 Å². The third-order valence-corrected chi connectivity index (χ3v) is 5.66. The molecule has 3 rings (SSSR count). The standard InChI is InChI=1S/C25H21F6N7O5/c1-2-3-10-23(25(29,30)31,43-14-15-8-5-4-6-9-15)21(40)37-36-20(39)18-17(38(41)42)13-16(24(26,27)28)19(34-18)35-22-32-11-7-12-33-22/h2,4-9,11-13H,1,3,10,14H2,(H,36,39)(H,37,40)(H,32,33,34,35)/t23-/m1/s1. The molecule has 0 bridgehead atoms. The number of nitrogens with one attached hydrogen (secondary N) is 3. The zero-order chi connectivity index (χ0) is 31.8. The van der Waals surface area contributed by atoms with Gasteiger partial charge in [0.1, 0.15) is 11.4 Å². The van der Waals surface area contributed by atoms with Crippen LogP contribution in [-0.4, -0.2) is 43.5 Å². The molecule has 18 heteroatoms. The molecule has 43 heavy (non-hydrogen) atoms. The number of carbonyl (C=O) groups is 2. The number of alkyl halides is 6. The third-order valence-electron chi connectivity index (χ3n) is 5.66. The number of anilines is 2. The lowest BCUT2D eigenvalue weighted by molar-refractivity contribution is -0.385. The molecule has 0 unspecified atom stereocenters. The highest BCUT2D eigenvalue weighted by atomic mass is 19.4. The quantitative estimate of drug-likeness (QED) is 0.120. The fourth-order valence-electron chi connectivity index (χ4n) is 3.55. The van der Waals surface area contributed by atoms with Crippen LogP contribution in [0.3, 0.4) is 0 Å². The van der Waals surface area contributed by atoms with Gasteiger partial charge in [0.2, 0.25) is 17.2 Å². The summed E-state index contributed by atoms with van der Waals surface area (Å²) in [5, 5.41) is 13.6. The summed E-state index contributed by atoms with van der Waals surface area (Å²) in [6.45, 7) is 2.66. The summed E-state index contributed by atoms with van der Waals surface area (Å²) in [5.74, 6) is -5.20. The number of carbonyl (C=O) groups excluding carboxylic acids is 2. The molecule has 0 saturated carbocycles. The van der Waals surface area contributed by atoms with Crippen LogP contribution in [-0.2, 0) is 22.3 Å². The first-order chi connectivity index (χ1) is 20.2. The molecular weight excluding hydrogens is 592 g/mol. The van der Waals surface area contributed by atoms with Crippen molar-refractivity contribution >= 4 is 29.3 Å². The largest absolute Gasteiger partial charge is 0.426 e. The van der Waals surface area contributed by atoms with Crippen molar-refractivity contribution in [2.24, 2.45) is 0 Å². The maximum absolute atomic E-state index is 14.3. The predicted molar refractivity (Wildman–Crippen MR) is 136 cm³/mol. The van der Waals surface area contributed by atoms with Crippen LogP contribution < -0.4 is 16.2 Å². The van der Waals surface area contributed by atoms with E-state index in [0.29, 0.717) is 0 Å². The first-order valence-electron chi connectivity index (χ1n) is 12.0. The van der Waals surface area contributed by atoms with Crippen molar-refractivity contribution in [2.45, 2.75) is 37.4 Å². The minimum atomic E-state index is -5.34. The Morgan fingerprint density at radius 3 is 2.23 bits per heavy atom. The first kappa shape index (κ1) is 32.4. The van der Waals surface area contributed by atoms with E-state index in [2.05, 4.69) is 26.8 Å². The average molecular weight is 613 g/mol. The van der Waals surface area contributed by atoms with Crippen LogP contribution in [0.5, 0.6) is 0 Å². The van der Waals surface area contributed by atoms with Crippen molar-refractivity contribution < 1.29 is 45.6 Å². The Balaban J connectivity index is 1.96. The molecule has 0 fully saturated rings. The monoisotopic (exact) mass is 613 g/mol. The number of benzene rings is 1. The zero-order valence-corrected chi connectivity index (χ0v) is 21.7. The van der Waals surface area contributed by atoms with Gasteiger partial charge in [-0.3, -0.25) is 30.6 Å². The Kier molecular flexibility index (Phi) is 9.97. The summed E-state index contributed by atoms with van der Waals surface area (Å²) < 4.78 is 89.1. The van der Waals surface area contributed by atoms with Crippen molar-refractivity contribution in [3.05, 3.63) is 94.4 Å². The fourth-order valence-corrected chi connectivity index (χ4v) is 3.55. The van der Waals surface area contributed by atoms with Crippen LogP contribution in [0.1, 0.15) is 34.5 Å². The summed E-state index contributed by atoms with van der Waals surface area (Å²) in [6, 6.07) is 8.85. The molecule has 3 aromatic rings. The van der Waals surface area contributed by atoms with Crippen LogP contribution in [0.4, 0.5) is 43.8 Å². The lowest BCUT2D eigenvalue weighted by Crippen LogP contribution is -2.61. The summed E-state index contributed by atoms with van der Waals surface area (Å²) >= 11 is 0. The second-order valence-corrected chi connectivity index (χ2v) is 8.54. The van der Waals surface area contributed by atoms with Crippen LogP contribution in [0.2, 0.25) is 0 Å². The van der Waals surface area contributed by atoms with Crippen molar-refractivity contribution in [3.63, 3.8) is 0 Å². The number of rotatable bonds is 11. The highest BCUT2D eigenvalue weighted by Gasteiger charge is 2.61. The van der Waals surface area contributed by atoms with Crippen molar-refractivity contribution in [1.29, 1.82) is 0 Å². The minimum absolute atomic E-state index is 0.0118. The van der Waals surface area contributed by atoms with Crippen molar-refractivity contribution in [1.82, 2.24) is 25.8 Å². The number of allylic oxidation sites excluding steroid dienone is 1. The molecule has 2 aromatic heterocycles. The van der Waals surface area contributed by atoms with E-state index in [1.807, 2.05) is 0 Å². The molecule has 0 spiro atoms. The summed E-state index contributed by atoms with van der Waals surface area (Å²) in [7, 11) is 0. The van der Waals surface area contributed by atoms with E-state index in [9.17, 15) is 46.0 Å². The number of ether oxygens (including phenoxy) is 1. The zero-order valence-electron chi connectivity index (χ0n) is 21.7. The summed E-state index contributed by atoms with van der Waals surface area (Å²) in [4.78, 5) is 46.7.